The number of hydrogen-bond acceptors (Lipinski definition) is 6. The first-order valence-corrected chi connectivity index (χ1v) is 10.1. The Bertz CT molecular complexity index is 465. The van der Waals surface area contributed by atoms with Gasteiger partial charge in [-0.25, -0.2) is 0 Å². The summed E-state index contributed by atoms with van der Waals surface area (Å²) >= 11 is 0. The summed E-state index contributed by atoms with van der Waals surface area (Å²) in [6, 6.07) is 0. The first-order chi connectivity index (χ1) is 11.3. The van der Waals surface area contributed by atoms with Crippen LogP contribution in [0.5, 0.6) is 0 Å². The molecule has 25 heavy (non-hydrogen) atoms. The molecule has 1 N–H and O–H groups in total. The van der Waals surface area contributed by atoms with Crippen molar-refractivity contribution in [3.63, 3.8) is 0 Å². The van der Waals surface area contributed by atoms with Crippen molar-refractivity contribution in [2.75, 3.05) is 13.2 Å². The Balaban J connectivity index is 0. The van der Waals surface area contributed by atoms with Gasteiger partial charge in [0.1, 0.15) is 0 Å². The predicted molar refractivity (Wildman–Crippen MR) is 97.3 cm³/mol. The molecule has 0 amide bonds. The number of rotatable bonds is 14. The Morgan fingerprint density at radius 2 is 1.36 bits per heavy atom. The van der Waals surface area contributed by atoms with Crippen molar-refractivity contribution >= 4 is 51.6 Å². The SMILES string of the molecule is CCCCCCOC(=O)CC(C(=O)OCCCCCC)S(=O)(=O)O.[NaH]. The van der Waals surface area contributed by atoms with E-state index in [0.29, 0.717) is 12.8 Å². The van der Waals surface area contributed by atoms with Crippen LogP contribution in [0.2, 0.25) is 0 Å². The van der Waals surface area contributed by atoms with Crippen molar-refractivity contribution in [3.8, 4) is 0 Å². The molecule has 1 atom stereocenters. The van der Waals surface area contributed by atoms with E-state index in [-0.39, 0.29) is 42.8 Å². The summed E-state index contributed by atoms with van der Waals surface area (Å²) in [5.74, 6) is -1.95. The second-order valence-electron chi connectivity index (χ2n) is 5.72. The molecule has 0 saturated carbocycles. The maximum absolute atomic E-state index is 11.8. The summed E-state index contributed by atoms with van der Waals surface area (Å²) in [6.45, 7) is 4.32. The molecule has 0 fully saturated rings. The molecule has 0 aromatic heterocycles. The van der Waals surface area contributed by atoms with Gasteiger partial charge in [-0.3, -0.25) is 14.1 Å². The van der Waals surface area contributed by atoms with E-state index in [1.54, 1.807) is 0 Å². The van der Waals surface area contributed by atoms with Crippen molar-refractivity contribution < 1.29 is 32.0 Å². The Kier molecular flexibility index (Phi) is 17.4. The molecule has 0 aromatic rings. The van der Waals surface area contributed by atoms with Crippen LogP contribution in [0.15, 0.2) is 0 Å². The van der Waals surface area contributed by atoms with Crippen molar-refractivity contribution in [1.82, 2.24) is 0 Å². The fourth-order valence-electron chi connectivity index (χ4n) is 2.03. The molecular weight excluding hydrogens is 359 g/mol. The Morgan fingerprint density at radius 3 is 1.80 bits per heavy atom. The van der Waals surface area contributed by atoms with Gasteiger partial charge >= 0.3 is 41.5 Å². The summed E-state index contributed by atoms with van der Waals surface area (Å²) in [5, 5.41) is -1.92. The number of hydrogen-bond donors (Lipinski definition) is 1. The standard InChI is InChI=1S/C16H30O7S.Na.H/c1-3-5-7-9-11-22-15(17)13-14(24(19,20)21)16(18)23-12-10-8-6-4-2;;/h14H,3-13H2,1-2H3,(H,19,20,21);;. The van der Waals surface area contributed by atoms with Gasteiger partial charge < -0.3 is 9.47 Å². The van der Waals surface area contributed by atoms with E-state index in [1.807, 2.05) is 6.92 Å². The zero-order valence-corrected chi connectivity index (χ0v) is 15.5. The summed E-state index contributed by atoms with van der Waals surface area (Å²) in [7, 11) is -4.72. The zero-order valence-electron chi connectivity index (χ0n) is 14.7. The fourth-order valence-corrected chi connectivity index (χ4v) is 2.69. The molecule has 144 valence electrons. The predicted octanol–water partition coefficient (Wildman–Crippen LogP) is 2.23. The average molecular weight is 390 g/mol. The number of ether oxygens (including phenoxy) is 2. The van der Waals surface area contributed by atoms with Crippen LogP contribution >= 0.6 is 0 Å². The van der Waals surface area contributed by atoms with Gasteiger partial charge in [0.25, 0.3) is 10.1 Å². The Labute approximate surface area is 173 Å². The monoisotopic (exact) mass is 390 g/mol. The van der Waals surface area contributed by atoms with Gasteiger partial charge in [0.15, 0.2) is 5.25 Å². The summed E-state index contributed by atoms with van der Waals surface area (Å²) in [6.07, 6.45) is 6.40. The normalized spacial score (nSPS) is 12.1. The molecule has 0 aliphatic rings. The van der Waals surface area contributed by atoms with Crippen LogP contribution in [0.25, 0.3) is 0 Å². The van der Waals surface area contributed by atoms with E-state index < -0.39 is 33.7 Å². The minimum absolute atomic E-state index is 0. The van der Waals surface area contributed by atoms with Crippen molar-refractivity contribution in [1.29, 1.82) is 0 Å². The molecule has 0 spiro atoms. The van der Waals surface area contributed by atoms with Crippen LogP contribution in [0.4, 0.5) is 0 Å². The zero-order chi connectivity index (χ0) is 18.4. The molecule has 0 rings (SSSR count). The maximum atomic E-state index is 11.8. The van der Waals surface area contributed by atoms with E-state index in [0.717, 1.165) is 38.5 Å². The molecule has 0 bridgehead atoms. The molecule has 0 aromatic carbocycles. The summed E-state index contributed by atoms with van der Waals surface area (Å²) in [5.41, 5.74) is 0. The molecule has 0 aliphatic heterocycles. The van der Waals surface area contributed by atoms with Gasteiger partial charge in [0.05, 0.1) is 19.6 Å². The second-order valence-corrected chi connectivity index (χ2v) is 7.32. The van der Waals surface area contributed by atoms with Crippen LogP contribution in [0, 0.1) is 0 Å². The summed E-state index contributed by atoms with van der Waals surface area (Å²) in [4.78, 5) is 23.5. The van der Waals surface area contributed by atoms with Crippen molar-refractivity contribution in [2.24, 2.45) is 0 Å². The minimum atomic E-state index is -4.72. The molecule has 0 radical (unpaired) electrons. The van der Waals surface area contributed by atoms with Crippen molar-refractivity contribution in [2.45, 2.75) is 76.9 Å². The third-order valence-electron chi connectivity index (χ3n) is 3.48. The molecular formula is C16H31NaO7S. The quantitative estimate of drug-likeness (QED) is 0.210. The van der Waals surface area contributed by atoms with Gasteiger partial charge in [-0.1, -0.05) is 52.4 Å². The van der Waals surface area contributed by atoms with E-state index in [1.165, 1.54) is 0 Å². The Morgan fingerprint density at radius 1 is 0.880 bits per heavy atom. The molecule has 7 nitrogen and oxygen atoms in total. The Hall–Kier alpha value is -0.150. The van der Waals surface area contributed by atoms with Gasteiger partial charge in [-0.15, -0.1) is 0 Å². The number of carbonyl (C=O) groups is 2. The van der Waals surface area contributed by atoms with Gasteiger partial charge in [0.2, 0.25) is 0 Å². The first-order valence-electron chi connectivity index (χ1n) is 8.61. The van der Waals surface area contributed by atoms with E-state index in [9.17, 15) is 18.0 Å². The molecule has 0 aliphatic carbocycles. The fraction of sp³-hybridized carbons (Fsp3) is 0.875. The number of carbonyl (C=O) groups excluding carboxylic acids is 2. The van der Waals surface area contributed by atoms with E-state index in [2.05, 4.69) is 6.92 Å². The first kappa shape index (κ1) is 27.1. The van der Waals surface area contributed by atoms with Gasteiger partial charge in [-0.2, -0.15) is 8.42 Å². The molecule has 9 heteroatoms. The third-order valence-corrected chi connectivity index (χ3v) is 4.56. The van der Waals surface area contributed by atoms with Gasteiger partial charge in [0, 0.05) is 0 Å². The van der Waals surface area contributed by atoms with Crippen LogP contribution in [0.1, 0.15) is 71.6 Å². The molecule has 0 heterocycles. The van der Waals surface area contributed by atoms with Crippen molar-refractivity contribution in [3.05, 3.63) is 0 Å². The topological polar surface area (TPSA) is 107 Å². The van der Waals surface area contributed by atoms with E-state index >= 15 is 0 Å². The number of esters is 2. The number of unbranched alkanes of at least 4 members (excludes halogenated alkanes) is 6. The third kappa shape index (κ3) is 14.7. The average Bonchev–Trinajstić information content (AvgIpc) is 2.51. The summed E-state index contributed by atoms with van der Waals surface area (Å²) < 4.78 is 41.5. The second kappa shape index (κ2) is 16.1. The molecule has 1 unspecified atom stereocenters. The van der Waals surface area contributed by atoms with Crippen LogP contribution in [-0.2, 0) is 29.2 Å². The van der Waals surface area contributed by atoms with Crippen LogP contribution < -0.4 is 0 Å². The van der Waals surface area contributed by atoms with Crippen LogP contribution in [-0.4, -0.2) is 72.9 Å². The molecule has 0 saturated heterocycles. The van der Waals surface area contributed by atoms with Gasteiger partial charge in [-0.05, 0) is 12.8 Å². The van der Waals surface area contributed by atoms with Crippen LogP contribution in [0.3, 0.4) is 0 Å². The van der Waals surface area contributed by atoms with E-state index in [4.69, 9.17) is 14.0 Å².